The van der Waals surface area contributed by atoms with Crippen LogP contribution in [0.4, 0.5) is 0 Å². The van der Waals surface area contributed by atoms with Crippen molar-refractivity contribution in [2.75, 3.05) is 26.2 Å². The van der Waals surface area contributed by atoms with Gasteiger partial charge in [0.25, 0.3) is 5.91 Å². The molecule has 1 aromatic carbocycles. The molecule has 5 nitrogen and oxygen atoms in total. The number of hydrogen-bond donors (Lipinski definition) is 1. The number of nitrogens with one attached hydrogen (secondary N) is 1. The van der Waals surface area contributed by atoms with Gasteiger partial charge in [-0.3, -0.25) is 14.5 Å². The molecule has 0 spiro atoms. The molecular weight excluding hydrogens is 373 g/mol. The van der Waals surface area contributed by atoms with Gasteiger partial charge in [0.15, 0.2) is 0 Å². The number of rotatable bonds is 4. The lowest BCUT2D eigenvalue weighted by Gasteiger charge is -2.37. The third-order valence-corrected chi connectivity index (χ3v) is 6.16. The Hall–Kier alpha value is -1.30. The Balaban J connectivity index is 1.49. The summed E-state index contributed by atoms with van der Waals surface area (Å²) in [6, 6.07) is 5.72. The summed E-state index contributed by atoms with van der Waals surface area (Å²) in [5, 5.41) is 3.40. The lowest BCUT2D eigenvalue weighted by atomic mass is 10.0. The predicted molar refractivity (Wildman–Crippen MR) is 104 cm³/mol. The Morgan fingerprint density at radius 2 is 1.96 bits per heavy atom. The van der Waals surface area contributed by atoms with Gasteiger partial charge in [0.2, 0.25) is 5.91 Å². The van der Waals surface area contributed by atoms with Crippen molar-refractivity contribution >= 4 is 35.0 Å². The molecule has 0 bridgehead atoms. The van der Waals surface area contributed by atoms with Crippen molar-refractivity contribution in [1.82, 2.24) is 15.1 Å². The maximum Gasteiger partial charge on any atom is 0.251 e. The van der Waals surface area contributed by atoms with E-state index in [0.717, 1.165) is 26.1 Å². The molecule has 2 amide bonds. The van der Waals surface area contributed by atoms with Crippen molar-refractivity contribution in [1.29, 1.82) is 0 Å². The minimum absolute atomic E-state index is 0.00134. The molecule has 1 aromatic rings. The first-order valence-corrected chi connectivity index (χ1v) is 9.98. The molecule has 2 atom stereocenters. The third-order valence-electron chi connectivity index (χ3n) is 5.42. The summed E-state index contributed by atoms with van der Waals surface area (Å²) >= 11 is 11.8. The molecule has 0 saturated carbocycles. The average Bonchev–Trinajstić information content (AvgIpc) is 3.12. The molecule has 2 aliphatic rings. The van der Waals surface area contributed by atoms with Crippen LogP contribution in [0.5, 0.6) is 0 Å². The van der Waals surface area contributed by atoms with Crippen LogP contribution in [0.15, 0.2) is 18.2 Å². The number of piperidine rings is 1. The van der Waals surface area contributed by atoms with Crippen LogP contribution < -0.4 is 5.32 Å². The average molecular weight is 398 g/mol. The zero-order valence-corrected chi connectivity index (χ0v) is 16.5. The van der Waals surface area contributed by atoms with E-state index in [1.165, 1.54) is 25.3 Å². The van der Waals surface area contributed by atoms with Gasteiger partial charge in [-0.25, -0.2) is 0 Å². The van der Waals surface area contributed by atoms with Gasteiger partial charge >= 0.3 is 0 Å². The fourth-order valence-corrected chi connectivity index (χ4v) is 4.21. The van der Waals surface area contributed by atoms with E-state index in [9.17, 15) is 9.59 Å². The topological polar surface area (TPSA) is 52.6 Å². The number of likely N-dealkylation sites (tertiary alicyclic amines) is 2. The second kappa shape index (κ2) is 8.59. The lowest BCUT2D eigenvalue weighted by molar-refractivity contribution is -0.129. The second-order valence-corrected chi connectivity index (χ2v) is 7.99. The zero-order chi connectivity index (χ0) is 18.7. The van der Waals surface area contributed by atoms with Crippen LogP contribution >= 0.6 is 23.2 Å². The molecule has 1 N–H and O–H groups in total. The zero-order valence-electron chi connectivity index (χ0n) is 15.0. The monoisotopic (exact) mass is 397 g/mol. The van der Waals surface area contributed by atoms with E-state index in [4.69, 9.17) is 23.2 Å². The SMILES string of the molecule is CC1CCCCN1C1CCN(C(=O)CNC(=O)c2ccc(Cl)c(Cl)c2)C1. The van der Waals surface area contributed by atoms with Gasteiger partial charge < -0.3 is 10.2 Å². The normalized spacial score (nSPS) is 23.9. The van der Waals surface area contributed by atoms with Gasteiger partial charge in [-0.15, -0.1) is 0 Å². The van der Waals surface area contributed by atoms with Gasteiger partial charge in [0, 0.05) is 30.7 Å². The number of benzene rings is 1. The maximum absolute atomic E-state index is 12.5. The minimum Gasteiger partial charge on any atom is -0.343 e. The quantitative estimate of drug-likeness (QED) is 0.848. The summed E-state index contributed by atoms with van der Waals surface area (Å²) in [4.78, 5) is 29.1. The fraction of sp³-hybridized carbons (Fsp3) is 0.579. The van der Waals surface area contributed by atoms with E-state index in [1.807, 2.05) is 4.90 Å². The number of carbonyl (C=O) groups excluding carboxylic acids is 2. The largest absolute Gasteiger partial charge is 0.343 e. The van der Waals surface area contributed by atoms with Crippen LogP contribution in [-0.2, 0) is 4.79 Å². The van der Waals surface area contributed by atoms with Gasteiger partial charge in [-0.2, -0.15) is 0 Å². The van der Waals surface area contributed by atoms with Crippen molar-refractivity contribution in [3.63, 3.8) is 0 Å². The highest BCUT2D eigenvalue weighted by Gasteiger charge is 2.33. The highest BCUT2D eigenvalue weighted by Crippen LogP contribution is 2.25. The molecular formula is C19H25Cl2N3O2. The van der Waals surface area contributed by atoms with E-state index in [2.05, 4.69) is 17.1 Å². The van der Waals surface area contributed by atoms with Crippen molar-refractivity contribution in [3.8, 4) is 0 Å². The van der Waals surface area contributed by atoms with Gasteiger partial charge in [-0.05, 0) is 50.9 Å². The number of hydrogen-bond acceptors (Lipinski definition) is 3. The van der Waals surface area contributed by atoms with Crippen molar-refractivity contribution in [2.45, 2.75) is 44.7 Å². The van der Waals surface area contributed by atoms with Crippen LogP contribution in [0.3, 0.4) is 0 Å². The first kappa shape index (κ1) is 19.5. The Kier molecular flexibility index (Phi) is 6.43. The summed E-state index contributed by atoms with van der Waals surface area (Å²) in [6.07, 6.45) is 4.79. The minimum atomic E-state index is -0.322. The highest BCUT2D eigenvalue weighted by molar-refractivity contribution is 6.42. The van der Waals surface area contributed by atoms with Crippen LogP contribution in [-0.4, -0.2) is 59.9 Å². The standard InChI is InChI=1S/C19H25Cl2N3O2/c1-13-4-2-3-8-24(13)15-7-9-23(12-15)18(25)11-22-19(26)14-5-6-16(20)17(21)10-14/h5-6,10,13,15H,2-4,7-9,11-12H2,1H3,(H,22,26). The molecule has 0 radical (unpaired) electrons. The molecule has 2 saturated heterocycles. The van der Waals surface area contributed by atoms with Crippen molar-refractivity contribution in [3.05, 3.63) is 33.8 Å². The molecule has 26 heavy (non-hydrogen) atoms. The summed E-state index contributed by atoms with van der Waals surface area (Å²) in [5.74, 6) is -0.358. The molecule has 0 aliphatic carbocycles. The number of amides is 2. The highest BCUT2D eigenvalue weighted by atomic mass is 35.5. The Morgan fingerprint density at radius 1 is 1.15 bits per heavy atom. The van der Waals surface area contributed by atoms with E-state index in [1.54, 1.807) is 12.1 Å². The molecule has 2 aliphatic heterocycles. The van der Waals surface area contributed by atoms with Crippen molar-refractivity contribution < 1.29 is 9.59 Å². The van der Waals surface area contributed by atoms with Crippen LogP contribution in [0, 0.1) is 0 Å². The van der Waals surface area contributed by atoms with Gasteiger partial charge in [0.05, 0.1) is 16.6 Å². The van der Waals surface area contributed by atoms with E-state index < -0.39 is 0 Å². The molecule has 7 heteroatoms. The van der Waals surface area contributed by atoms with Crippen LogP contribution in [0.25, 0.3) is 0 Å². The van der Waals surface area contributed by atoms with E-state index in [0.29, 0.717) is 27.7 Å². The second-order valence-electron chi connectivity index (χ2n) is 7.18. The Bertz CT molecular complexity index is 683. The molecule has 2 heterocycles. The van der Waals surface area contributed by atoms with E-state index >= 15 is 0 Å². The van der Waals surface area contributed by atoms with Gasteiger partial charge in [-0.1, -0.05) is 29.6 Å². The Morgan fingerprint density at radius 3 is 2.69 bits per heavy atom. The van der Waals surface area contributed by atoms with Crippen LogP contribution in [0.1, 0.15) is 43.0 Å². The summed E-state index contributed by atoms with van der Waals surface area (Å²) < 4.78 is 0. The van der Waals surface area contributed by atoms with E-state index in [-0.39, 0.29) is 18.4 Å². The first-order valence-electron chi connectivity index (χ1n) is 9.22. The summed E-state index contributed by atoms with van der Waals surface area (Å²) in [7, 11) is 0. The number of halogens is 2. The summed E-state index contributed by atoms with van der Waals surface area (Å²) in [5.41, 5.74) is 0.397. The molecule has 2 fully saturated rings. The molecule has 2 unspecified atom stereocenters. The molecule has 0 aromatic heterocycles. The fourth-order valence-electron chi connectivity index (χ4n) is 3.91. The number of nitrogens with zero attached hydrogens (tertiary/aromatic N) is 2. The summed E-state index contributed by atoms with van der Waals surface area (Å²) in [6.45, 7) is 4.92. The Labute approximate surface area is 164 Å². The smallest absolute Gasteiger partial charge is 0.251 e. The number of carbonyl (C=O) groups is 2. The van der Waals surface area contributed by atoms with Gasteiger partial charge in [0.1, 0.15) is 0 Å². The third kappa shape index (κ3) is 4.51. The lowest BCUT2D eigenvalue weighted by Crippen LogP contribution is -2.47. The predicted octanol–water partition coefficient (Wildman–Crippen LogP) is 3.20. The van der Waals surface area contributed by atoms with Crippen LogP contribution in [0.2, 0.25) is 10.0 Å². The first-order chi connectivity index (χ1) is 12.5. The molecule has 142 valence electrons. The molecule has 3 rings (SSSR count). The maximum atomic E-state index is 12.5. The van der Waals surface area contributed by atoms with Crippen molar-refractivity contribution in [2.24, 2.45) is 0 Å².